The second kappa shape index (κ2) is 6.12. The first-order valence-corrected chi connectivity index (χ1v) is 5.89. The highest BCUT2D eigenvalue weighted by Gasteiger charge is 2.01. The normalized spacial score (nSPS) is 10.3. The highest BCUT2D eigenvalue weighted by molar-refractivity contribution is 5.36. The molecule has 18 heavy (non-hydrogen) atoms. The van der Waals surface area contributed by atoms with Gasteiger partial charge in [0.2, 0.25) is 0 Å². The molecular formula is C14H17N3O. The number of methoxy groups -OCH3 is 1. The molecule has 2 aromatic rings. The summed E-state index contributed by atoms with van der Waals surface area (Å²) < 4.78 is 5.18. The Morgan fingerprint density at radius 1 is 1.06 bits per heavy atom. The molecule has 1 aromatic carbocycles. The molecule has 4 heteroatoms. The van der Waals surface area contributed by atoms with Gasteiger partial charge in [-0.3, -0.25) is 0 Å². The largest absolute Gasteiger partial charge is 0.380 e. The number of hydrogen-bond donors (Lipinski definition) is 1. The molecular weight excluding hydrogens is 226 g/mol. The Kier molecular flexibility index (Phi) is 4.25. The molecule has 0 fully saturated rings. The molecule has 4 nitrogen and oxygen atoms in total. The number of aromatic nitrogens is 2. The number of hydrogen-bond acceptors (Lipinski definition) is 4. The molecule has 1 heterocycles. The van der Waals surface area contributed by atoms with E-state index >= 15 is 0 Å². The van der Waals surface area contributed by atoms with Gasteiger partial charge < -0.3 is 10.1 Å². The molecule has 0 unspecified atom stereocenters. The first-order chi connectivity index (χ1) is 8.79. The minimum Gasteiger partial charge on any atom is -0.380 e. The van der Waals surface area contributed by atoms with Crippen molar-refractivity contribution in [2.75, 3.05) is 12.4 Å². The molecule has 0 bridgehead atoms. The van der Waals surface area contributed by atoms with E-state index in [1.807, 2.05) is 31.2 Å². The Balaban J connectivity index is 2.03. The molecule has 0 amide bonds. The summed E-state index contributed by atoms with van der Waals surface area (Å²) in [5.74, 6) is 0.785. The van der Waals surface area contributed by atoms with E-state index in [1.165, 1.54) is 11.1 Å². The predicted octanol–water partition coefficient (Wildman–Crippen LogP) is 2.54. The maximum absolute atomic E-state index is 5.18. The van der Waals surface area contributed by atoms with Gasteiger partial charge in [-0.1, -0.05) is 24.3 Å². The van der Waals surface area contributed by atoms with Crippen molar-refractivity contribution < 1.29 is 4.74 Å². The lowest BCUT2D eigenvalue weighted by atomic mass is 10.1. The standard InChI is InChI=1S/C14H17N3O/c1-11-7-8-14(17-16-11)15-9-12-5-3-4-6-13(12)10-18-2/h3-8H,9-10H2,1-2H3,(H,15,17). The molecule has 0 saturated heterocycles. The van der Waals surface area contributed by atoms with Crippen molar-refractivity contribution in [2.24, 2.45) is 0 Å². The first-order valence-electron chi connectivity index (χ1n) is 5.89. The lowest BCUT2D eigenvalue weighted by Crippen LogP contribution is -2.05. The number of ether oxygens (including phenoxy) is 1. The van der Waals surface area contributed by atoms with Crippen molar-refractivity contribution in [3.05, 3.63) is 53.2 Å². The summed E-state index contributed by atoms with van der Waals surface area (Å²) in [4.78, 5) is 0. The third-order valence-corrected chi connectivity index (χ3v) is 2.68. The molecule has 1 N–H and O–H groups in total. The Morgan fingerprint density at radius 3 is 2.50 bits per heavy atom. The van der Waals surface area contributed by atoms with Crippen LogP contribution in [-0.2, 0) is 17.9 Å². The van der Waals surface area contributed by atoms with Crippen LogP contribution in [0.5, 0.6) is 0 Å². The molecule has 0 spiro atoms. The lowest BCUT2D eigenvalue weighted by Gasteiger charge is -2.10. The fourth-order valence-electron chi connectivity index (χ4n) is 1.71. The predicted molar refractivity (Wildman–Crippen MR) is 71.3 cm³/mol. The van der Waals surface area contributed by atoms with Crippen LogP contribution in [0.3, 0.4) is 0 Å². The quantitative estimate of drug-likeness (QED) is 0.876. The van der Waals surface area contributed by atoms with Crippen molar-refractivity contribution in [3.8, 4) is 0 Å². The summed E-state index contributed by atoms with van der Waals surface area (Å²) in [6, 6.07) is 12.1. The van der Waals surface area contributed by atoms with Gasteiger partial charge in [-0.05, 0) is 30.2 Å². The molecule has 94 valence electrons. The van der Waals surface area contributed by atoms with Gasteiger partial charge in [0.1, 0.15) is 5.82 Å². The Bertz CT molecular complexity index is 497. The topological polar surface area (TPSA) is 47.0 Å². The van der Waals surface area contributed by atoms with Crippen LogP contribution in [-0.4, -0.2) is 17.3 Å². The van der Waals surface area contributed by atoms with Gasteiger partial charge >= 0.3 is 0 Å². The average Bonchev–Trinajstić information content (AvgIpc) is 2.40. The van der Waals surface area contributed by atoms with Crippen LogP contribution in [0, 0.1) is 6.92 Å². The Morgan fingerprint density at radius 2 is 1.83 bits per heavy atom. The van der Waals surface area contributed by atoms with E-state index < -0.39 is 0 Å². The van der Waals surface area contributed by atoms with Crippen LogP contribution in [0.2, 0.25) is 0 Å². The van der Waals surface area contributed by atoms with E-state index in [2.05, 4.69) is 27.6 Å². The SMILES string of the molecule is COCc1ccccc1CNc1ccc(C)nn1. The van der Waals surface area contributed by atoms with Gasteiger partial charge in [0.25, 0.3) is 0 Å². The molecule has 2 rings (SSSR count). The van der Waals surface area contributed by atoms with E-state index in [-0.39, 0.29) is 0 Å². The molecule has 1 aromatic heterocycles. The van der Waals surface area contributed by atoms with Crippen LogP contribution >= 0.6 is 0 Å². The number of anilines is 1. The Labute approximate surface area is 107 Å². The first kappa shape index (κ1) is 12.5. The van der Waals surface area contributed by atoms with Crippen LogP contribution < -0.4 is 5.32 Å². The van der Waals surface area contributed by atoms with Crippen molar-refractivity contribution >= 4 is 5.82 Å². The summed E-state index contributed by atoms with van der Waals surface area (Å²) >= 11 is 0. The average molecular weight is 243 g/mol. The van der Waals surface area contributed by atoms with E-state index in [4.69, 9.17) is 4.74 Å². The van der Waals surface area contributed by atoms with Gasteiger partial charge in [0.05, 0.1) is 12.3 Å². The maximum Gasteiger partial charge on any atom is 0.148 e. The van der Waals surface area contributed by atoms with E-state index in [0.29, 0.717) is 6.61 Å². The Hall–Kier alpha value is -1.94. The highest BCUT2D eigenvalue weighted by Crippen LogP contribution is 2.12. The molecule has 0 saturated carbocycles. The molecule has 0 aliphatic carbocycles. The molecule has 0 atom stereocenters. The second-order valence-corrected chi connectivity index (χ2v) is 4.12. The van der Waals surface area contributed by atoms with Crippen molar-refractivity contribution in [2.45, 2.75) is 20.1 Å². The van der Waals surface area contributed by atoms with Gasteiger partial charge in [-0.2, -0.15) is 5.10 Å². The van der Waals surface area contributed by atoms with Crippen LogP contribution in [0.1, 0.15) is 16.8 Å². The summed E-state index contributed by atoms with van der Waals surface area (Å²) in [6.45, 7) is 3.26. The number of nitrogens with one attached hydrogen (secondary N) is 1. The van der Waals surface area contributed by atoms with Gasteiger partial charge in [-0.15, -0.1) is 5.10 Å². The van der Waals surface area contributed by atoms with Crippen molar-refractivity contribution in [1.82, 2.24) is 10.2 Å². The highest BCUT2D eigenvalue weighted by atomic mass is 16.5. The van der Waals surface area contributed by atoms with E-state index in [9.17, 15) is 0 Å². The van der Waals surface area contributed by atoms with E-state index in [1.54, 1.807) is 7.11 Å². The molecule has 0 aliphatic heterocycles. The number of nitrogens with zero attached hydrogens (tertiary/aromatic N) is 2. The zero-order valence-corrected chi connectivity index (χ0v) is 10.7. The van der Waals surface area contributed by atoms with Gasteiger partial charge in [-0.25, -0.2) is 0 Å². The van der Waals surface area contributed by atoms with Gasteiger partial charge in [0, 0.05) is 13.7 Å². The second-order valence-electron chi connectivity index (χ2n) is 4.12. The van der Waals surface area contributed by atoms with Crippen molar-refractivity contribution in [3.63, 3.8) is 0 Å². The lowest BCUT2D eigenvalue weighted by molar-refractivity contribution is 0.184. The fraction of sp³-hybridized carbons (Fsp3) is 0.286. The summed E-state index contributed by atoms with van der Waals surface area (Å²) in [5, 5.41) is 11.3. The number of aryl methyl sites for hydroxylation is 1. The zero-order valence-electron chi connectivity index (χ0n) is 10.7. The number of rotatable bonds is 5. The fourth-order valence-corrected chi connectivity index (χ4v) is 1.71. The third kappa shape index (κ3) is 3.28. The van der Waals surface area contributed by atoms with E-state index in [0.717, 1.165) is 18.1 Å². The zero-order chi connectivity index (χ0) is 12.8. The minimum atomic E-state index is 0.622. The number of benzene rings is 1. The summed E-state index contributed by atoms with van der Waals surface area (Å²) in [5.41, 5.74) is 3.31. The smallest absolute Gasteiger partial charge is 0.148 e. The monoisotopic (exact) mass is 243 g/mol. The van der Waals surface area contributed by atoms with Crippen LogP contribution in [0.15, 0.2) is 36.4 Å². The van der Waals surface area contributed by atoms with Gasteiger partial charge in [0.15, 0.2) is 0 Å². The summed E-state index contributed by atoms with van der Waals surface area (Å²) in [6.07, 6.45) is 0. The van der Waals surface area contributed by atoms with Crippen LogP contribution in [0.25, 0.3) is 0 Å². The summed E-state index contributed by atoms with van der Waals surface area (Å²) in [7, 11) is 1.70. The molecule has 0 aliphatic rings. The van der Waals surface area contributed by atoms with Crippen molar-refractivity contribution in [1.29, 1.82) is 0 Å². The molecule has 0 radical (unpaired) electrons. The maximum atomic E-state index is 5.18. The minimum absolute atomic E-state index is 0.622. The third-order valence-electron chi connectivity index (χ3n) is 2.68. The van der Waals surface area contributed by atoms with Crippen LogP contribution in [0.4, 0.5) is 5.82 Å².